The van der Waals surface area contributed by atoms with Crippen molar-refractivity contribution in [2.75, 3.05) is 55.3 Å². The van der Waals surface area contributed by atoms with Crippen LogP contribution in [-0.4, -0.2) is 97.0 Å². The molecule has 0 aliphatic heterocycles. The number of anilines is 6. The van der Waals surface area contributed by atoms with E-state index in [4.69, 9.17) is 28.3 Å². The van der Waals surface area contributed by atoms with Crippen molar-refractivity contribution < 1.29 is 34.0 Å². The van der Waals surface area contributed by atoms with Crippen LogP contribution in [0.2, 0.25) is 0 Å². The first-order valence-corrected chi connectivity index (χ1v) is 40.9. The molecule has 4 aliphatic carbocycles. The molecule has 0 spiro atoms. The molecule has 0 radical (unpaired) electrons. The molecule has 108 heavy (non-hydrogen) atoms. The Balaban J connectivity index is 0.000000136. The van der Waals surface area contributed by atoms with E-state index in [0.29, 0.717) is 48.6 Å². The second-order valence-corrected chi connectivity index (χ2v) is 32.1. The van der Waals surface area contributed by atoms with Gasteiger partial charge in [-0.05, 0) is 192 Å². The van der Waals surface area contributed by atoms with Gasteiger partial charge in [0.25, 0.3) is 20.2 Å². The minimum Gasteiger partial charge on any atom is -0.324 e. The first-order valence-electron chi connectivity index (χ1n) is 36.4. The minimum atomic E-state index is -3.47. The summed E-state index contributed by atoms with van der Waals surface area (Å²) in [5.41, 5.74) is 21.7. The van der Waals surface area contributed by atoms with Crippen molar-refractivity contribution in [3.63, 3.8) is 0 Å². The van der Waals surface area contributed by atoms with E-state index in [-0.39, 0.29) is 36.7 Å². The predicted molar refractivity (Wildman–Crippen MR) is 427 cm³/mol. The van der Waals surface area contributed by atoms with Gasteiger partial charge in [-0.1, -0.05) is 187 Å². The van der Waals surface area contributed by atoms with Gasteiger partial charge in [0.05, 0.1) is 42.8 Å². The fraction of sp³-hybridized carbons (Fsp3) is 0.241. The molecule has 3 aromatic heterocycles. The van der Waals surface area contributed by atoms with E-state index in [1.54, 1.807) is 12.3 Å². The predicted octanol–water partition coefficient (Wildman–Crippen LogP) is 18.6. The quantitative estimate of drug-likeness (QED) is 0.0573. The average molecular weight is 1550 g/mol. The molecule has 3 N–H and O–H groups in total. The Labute approximate surface area is 639 Å². The fourth-order valence-electron chi connectivity index (χ4n) is 14.9. The third-order valence-corrected chi connectivity index (χ3v) is 22.1. The number of nitrogens with zero attached hydrogens (tertiary/aromatic N) is 7. The van der Waals surface area contributed by atoms with Gasteiger partial charge >= 0.3 is 0 Å². The minimum absolute atomic E-state index is 0.0809. The number of hydrogen-bond acceptors (Lipinski definition) is 16. The second-order valence-electron chi connectivity index (χ2n) is 27.9. The topological polar surface area (TPSA) is 203 Å². The Morgan fingerprint density at radius 3 is 1.34 bits per heavy atom. The van der Waals surface area contributed by atoms with Crippen molar-refractivity contribution in [2.24, 2.45) is 0 Å². The molecule has 9 aromatic carbocycles. The Morgan fingerprint density at radius 2 is 0.861 bits per heavy atom. The van der Waals surface area contributed by atoms with Gasteiger partial charge in [-0.3, -0.25) is 8.37 Å². The summed E-state index contributed by atoms with van der Waals surface area (Å²) in [6, 6.07) is 71.8. The van der Waals surface area contributed by atoms with Crippen LogP contribution in [0.4, 0.5) is 43.7 Å². The van der Waals surface area contributed by atoms with Gasteiger partial charge in [0.1, 0.15) is 11.6 Å². The Hall–Kier alpha value is -10.3. The second kappa shape index (κ2) is 33.9. The SMILES string of the molecule is CN(CCc1ccc(Nc2ncc3c(n2)-c2ccccc2[C@H](c2ccc(Br)cc2)C3)cc1)C1CCCCC1.CS(=O)(=O)OCCc1ccc(Nc2ncc3c(n2)-c2ccccc2[C@H](c2ccc(F)cc2)C3)cc1.CS(=O)(=O)OCCc1cccc(Nc2ncc3c(n2)-c2ccccc2[C@H](c2ccccc2F)C3)c1. The number of hydrogen-bond donors (Lipinski definition) is 3. The number of aromatic nitrogens is 6. The highest BCUT2D eigenvalue weighted by Crippen LogP contribution is 2.46. The third kappa shape index (κ3) is 18.8. The molecule has 3 heterocycles. The lowest BCUT2D eigenvalue weighted by atomic mass is 9.78. The van der Waals surface area contributed by atoms with Gasteiger partial charge in [-0.15, -0.1) is 0 Å². The van der Waals surface area contributed by atoms with E-state index in [1.165, 1.54) is 78.1 Å². The number of likely N-dealkylation sites (N-methyl/N-ethyl adjacent to an activating group) is 1. The molecular weight excluding hydrogens is 1460 g/mol. The van der Waals surface area contributed by atoms with Crippen LogP contribution in [0.25, 0.3) is 33.8 Å². The smallest absolute Gasteiger partial charge is 0.264 e. The van der Waals surface area contributed by atoms with Crippen molar-refractivity contribution in [2.45, 2.75) is 94.4 Å². The number of benzene rings is 9. The van der Waals surface area contributed by atoms with Crippen LogP contribution in [-0.2, 0) is 67.1 Å². The van der Waals surface area contributed by atoms with E-state index >= 15 is 0 Å². The summed E-state index contributed by atoms with van der Waals surface area (Å²) in [5.74, 6) is 1.45. The molecule has 4 aliphatic rings. The third-order valence-electron chi connectivity index (χ3n) is 20.4. The Bertz CT molecular complexity index is 5390. The normalized spacial score (nSPS) is 15.6. The maximum Gasteiger partial charge on any atom is 0.264 e. The van der Waals surface area contributed by atoms with E-state index in [0.717, 1.165) is 133 Å². The summed E-state index contributed by atoms with van der Waals surface area (Å²) in [5, 5.41) is 9.93. The zero-order valence-corrected chi connectivity index (χ0v) is 63.5. The van der Waals surface area contributed by atoms with E-state index in [2.05, 4.69) is 139 Å². The van der Waals surface area contributed by atoms with Gasteiger partial charge in [-0.25, -0.2) is 38.7 Å². The highest BCUT2D eigenvalue weighted by Gasteiger charge is 2.32. The maximum absolute atomic E-state index is 14.6. The lowest BCUT2D eigenvalue weighted by Crippen LogP contribution is -2.34. The van der Waals surface area contributed by atoms with Gasteiger partial charge in [0.2, 0.25) is 17.8 Å². The lowest BCUT2D eigenvalue weighted by Gasteiger charge is -2.31. The molecule has 21 heteroatoms. The summed E-state index contributed by atoms with van der Waals surface area (Å²) < 4.78 is 83.4. The zero-order valence-electron chi connectivity index (χ0n) is 60.3. The standard InChI is InChI=1S/C33H35BrN4.2C27H24FN3O3S/c1-38(28-7-3-2-4-8-28)20-19-23-11-17-27(18-12-23)36-33-35-22-25-21-31(24-13-15-26(34)16-14-24)29-9-5-6-10-30(29)32(25)37-33;1-35(32,33)34-14-13-18-7-6-8-20(15-18)30-27-29-17-19-16-24(22-10-4-5-12-25(22)28)21-9-2-3-11-23(21)26(19)31-27;1-35(32,33)34-15-14-18-6-12-22(13-7-18)30-27-29-17-20-16-25(19-8-10-21(28)11-9-19)23-4-2-3-5-24(23)26(20)31-27/h5-6,9-18,22,28,31H,2-4,7-8,19-21H2,1H3,(H,35,36,37);2-12,15,17,24H,13-14,16H2,1H3,(H,29,30,31);2-13,17,25H,14-16H2,1H3,(H,29,30,31)/t31-;24-;25-/m010/s1. The van der Waals surface area contributed by atoms with Gasteiger partial charge < -0.3 is 20.9 Å². The molecule has 550 valence electrons. The van der Waals surface area contributed by atoms with Gasteiger partial charge in [-0.2, -0.15) is 16.8 Å². The summed E-state index contributed by atoms with van der Waals surface area (Å²) in [6.45, 7) is 1.31. The van der Waals surface area contributed by atoms with Crippen molar-refractivity contribution in [3.05, 3.63) is 320 Å². The molecule has 12 aromatic rings. The average Bonchev–Trinajstić information content (AvgIpc) is 0.770. The van der Waals surface area contributed by atoms with Crippen LogP contribution in [0.15, 0.2) is 241 Å². The Morgan fingerprint density at radius 1 is 0.444 bits per heavy atom. The molecule has 1 fully saturated rings. The van der Waals surface area contributed by atoms with Crippen LogP contribution in [0, 0.1) is 11.6 Å². The van der Waals surface area contributed by atoms with Crippen molar-refractivity contribution in [3.8, 4) is 33.8 Å². The molecule has 16 rings (SSSR count). The summed E-state index contributed by atoms with van der Waals surface area (Å²) >= 11 is 3.57. The Kier molecular flexibility index (Phi) is 23.4. The number of rotatable bonds is 21. The molecule has 3 atom stereocenters. The molecule has 0 saturated heterocycles. The molecule has 0 unspecified atom stereocenters. The largest absolute Gasteiger partial charge is 0.324 e. The van der Waals surface area contributed by atoms with Crippen molar-refractivity contribution in [1.82, 2.24) is 34.8 Å². The molecule has 16 nitrogen and oxygen atoms in total. The summed E-state index contributed by atoms with van der Waals surface area (Å²) in [6.07, 6.45) is 18.9. The van der Waals surface area contributed by atoms with Crippen molar-refractivity contribution >= 4 is 71.1 Å². The van der Waals surface area contributed by atoms with Crippen LogP contribution in [0.3, 0.4) is 0 Å². The fourth-order valence-corrected chi connectivity index (χ4v) is 16.0. The lowest BCUT2D eigenvalue weighted by molar-refractivity contribution is 0.194. The summed E-state index contributed by atoms with van der Waals surface area (Å²) in [7, 11) is -4.61. The first kappa shape index (κ1) is 74.6. The van der Waals surface area contributed by atoms with E-state index in [1.807, 2.05) is 122 Å². The molecular formula is C87H83BrF2N10O6S2. The maximum atomic E-state index is 14.6. The van der Waals surface area contributed by atoms with Crippen LogP contribution >= 0.6 is 15.9 Å². The van der Waals surface area contributed by atoms with Crippen molar-refractivity contribution in [1.29, 1.82) is 0 Å². The van der Waals surface area contributed by atoms with Gasteiger partial charge in [0.15, 0.2) is 0 Å². The summed E-state index contributed by atoms with van der Waals surface area (Å²) in [4.78, 5) is 30.9. The van der Waals surface area contributed by atoms with Crippen LogP contribution in [0.1, 0.15) is 117 Å². The molecule has 0 bridgehead atoms. The highest BCUT2D eigenvalue weighted by atomic mass is 79.9. The molecule has 1 saturated carbocycles. The number of halogens is 3. The zero-order chi connectivity index (χ0) is 74.7. The number of nitrogens with one attached hydrogen (secondary N) is 3. The van der Waals surface area contributed by atoms with E-state index < -0.39 is 20.2 Å². The first-order chi connectivity index (χ1) is 52.4. The van der Waals surface area contributed by atoms with Crippen LogP contribution in [0.5, 0.6) is 0 Å². The monoisotopic (exact) mass is 1540 g/mol. The van der Waals surface area contributed by atoms with Gasteiger partial charge in [0, 0.05) is 87.2 Å². The molecule has 0 amide bonds. The number of fused-ring (bicyclic) bond motifs is 9. The highest BCUT2D eigenvalue weighted by molar-refractivity contribution is 9.10. The van der Waals surface area contributed by atoms with E-state index in [9.17, 15) is 25.6 Å². The van der Waals surface area contributed by atoms with Crippen LogP contribution < -0.4 is 16.0 Å².